The van der Waals surface area contributed by atoms with Gasteiger partial charge in [-0.15, -0.1) is 0 Å². The quantitative estimate of drug-likeness (QED) is 0.812. The van der Waals surface area contributed by atoms with Crippen LogP contribution < -0.4 is 0 Å². The Morgan fingerprint density at radius 1 is 1.35 bits per heavy atom. The number of aliphatic carboxylic acids is 1. The number of hydrogen-bond donors (Lipinski definition) is 1. The molecular formula is C18H26N2O5S. The molecule has 0 spiro atoms. The minimum Gasteiger partial charge on any atom is -0.481 e. The number of nitrogens with zero attached hydrogens (tertiary/aromatic N) is 2. The van der Waals surface area contributed by atoms with Crippen LogP contribution in [0.4, 0.5) is 0 Å². The normalized spacial score (nSPS) is 19.7. The van der Waals surface area contributed by atoms with Crippen LogP contribution in [0, 0.1) is 5.92 Å². The van der Waals surface area contributed by atoms with Crippen molar-refractivity contribution in [2.75, 3.05) is 20.1 Å². The minimum atomic E-state index is -3.66. The molecule has 1 aliphatic heterocycles. The fraction of sp³-hybridized carbons (Fsp3) is 0.556. The predicted octanol–water partition coefficient (Wildman–Crippen LogP) is 2.04. The summed E-state index contributed by atoms with van der Waals surface area (Å²) in [5, 5.41) is 8.98. The molecule has 1 saturated heterocycles. The molecule has 0 radical (unpaired) electrons. The zero-order valence-corrected chi connectivity index (χ0v) is 16.2. The van der Waals surface area contributed by atoms with Crippen molar-refractivity contribution in [2.45, 2.75) is 44.0 Å². The first-order valence-corrected chi connectivity index (χ1v) is 10.2. The number of amides is 1. The van der Waals surface area contributed by atoms with Gasteiger partial charge in [-0.3, -0.25) is 9.59 Å². The maximum absolute atomic E-state index is 12.9. The van der Waals surface area contributed by atoms with Crippen molar-refractivity contribution < 1.29 is 23.1 Å². The van der Waals surface area contributed by atoms with E-state index in [0.29, 0.717) is 6.54 Å². The summed E-state index contributed by atoms with van der Waals surface area (Å²) in [6.07, 6.45) is 2.67. The number of rotatable bonds is 6. The van der Waals surface area contributed by atoms with E-state index >= 15 is 0 Å². The van der Waals surface area contributed by atoms with Crippen LogP contribution in [0.25, 0.3) is 0 Å². The Kier molecular flexibility index (Phi) is 6.41. The van der Waals surface area contributed by atoms with Crippen molar-refractivity contribution >= 4 is 21.9 Å². The standard InChI is InChI=1S/C18H26N2O5S/c1-13(18(22)23)12-19(3)17(21)15-8-6-9-16(11-15)26(24,25)20-10-5-4-7-14(20)2/h6,8-9,11,13-14H,4-5,7,10,12H2,1-3H3,(H,22,23). The van der Waals surface area contributed by atoms with Crippen LogP contribution >= 0.6 is 0 Å². The number of sulfonamides is 1. The largest absolute Gasteiger partial charge is 0.481 e. The molecule has 2 rings (SSSR count). The van der Waals surface area contributed by atoms with Gasteiger partial charge in [0.2, 0.25) is 10.0 Å². The maximum atomic E-state index is 12.9. The Labute approximate surface area is 154 Å². The molecule has 2 unspecified atom stereocenters. The monoisotopic (exact) mass is 382 g/mol. The van der Waals surface area contributed by atoms with Gasteiger partial charge in [0, 0.05) is 31.7 Å². The summed E-state index contributed by atoms with van der Waals surface area (Å²) in [5.74, 6) is -2.09. The third-order valence-electron chi connectivity index (χ3n) is 4.75. The highest BCUT2D eigenvalue weighted by Gasteiger charge is 2.31. The first-order chi connectivity index (χ1) is 12.1. The number of carbonyl (C=O) groups is 2. The zero-order valence-electron chi connectivity index (χ0n) is 15.4. The fourth-order valence-electron chi connectivity index (χ4n) is 3.15. The third kappa shape index (κ3) is 4.42. The topological polar surface area (TPSA) is 95.0 Å². The molecule has 1 fully saturated rings. The number of piperidine rings is 1. The van der Waals surface area contributed by atoms with Gasteiger partial charge in [-0.25, -0.2) is 8.42 Å². The lowest BCUT2D eigenvalue weighted by Gasteiger charge is -2.32. The molecule has 144 valence electrons. The van der Waals surface area contributed by atoms with Gasteiger partial charge in [0.25, 0.3) is 5.91 Å². The second-order valence-corrected chi connectivity index (χ2v) is 8.80. The first-order valence-electron chi connectivity index (χ1n) is 8.74. The molecule has 1 N–H and O–H groups in total. The molecule has 26 heavy (non-hydrogen) atoms. The van der Waals surface area contributed by atoms with E-state index in [-0.39, 0.29) is 23.0 Å². The van der Waals surface area contributed by atoms with Gasteiger partial charge in [0.1, 0.15) is 0 Å². The molecular weight excluding hydrogens is 356 g/mol. The van der Waals surface area contributed by atoms with Crippen LogP contribution in [0.1, 0.15) is 43.5 Å². The molecule has 1 heterocycles. The van der Waals surface area contributed by atoms with E-state index in [4.69, 9.17) is 5.11 Å². The SMILES string of the molecule is CC(CN(C)C(=O)c1cccc(S(=O)(=O)N2CCCCC2C)c1)C(=O)O. The van der Waals surface area contributed by atoms with E-state index < -0.39 is 27.8 Å². The molecule has 2 atom stereocenters. The van der Waals surface area contributed by atoms with Crippen molar-refractivity contribution in [1.29, 1.82) is 0 Å². The van der Waals surface area contributed by atoms with Crippen LogP contribution in [0.3, 0.4) is 0 Å². The van der Waals surface area contributed by atoms with Crippen molar-refractivity contribution in [3.8, 4) is 0 Å². The van der Waals surface area contributed by atoms with Gasteiger partial charge in [-0.1, -0.05) is 19.4 Å². The van der Waals surface area contributed by atoms with E-state index in [9.17, 15) is 18.0 Å². The van der Waals surface area contributed by atoms with E-state index in [2.05, 4.69) is 0 Å². The third-order valence-corrected chi connectivity index (χ3v) is 6.76. The van der Waals surface area contributed by atoms with Crippen LogP contribution in [0.15, 0.2) is 29.2 Å². The zero-order chi connectivity index (χ0) is 19.5. The number of benzene rings is 1. The summed E-state index contributed by atoms with van der Waals surface area (Å²) < 4.78 is 27.4. The minimum absolute atomic E-state index is 0.0499. The first kappa shape index (κ1) is 20.4. The van der Waals surface area contributed by atoms with Gasteiger partial charge in [-0.2, -0.15) is 4.31 Å². The molecule has 0 saturated carbocycles. The number of hydrogen-bond acceptors (Lipinski definition) is 4. The fourth-order valence-corrected chi connectivity index (χ4v) is 4.89. The summed E-state index contributed by atoms with van der Waals surface area (Å²) in [6, 6.07) is 5.90. The van der Waals surface area contributed by atoms with Gasteiger partial charge in [0.05, 0.1) is 10.8 Å². The summed E-state index contributed by atoms with van der Waals surface area (Å²) in [4.78, 5) is 24.9. The lowest BCUT2D eigenvalue weighted by atomic mass is 10.1. The average molecular weight is 382 g/mol. The molecule has 1 amide bonds. The highest BCUT2D eigenvalue weighted by atomic mass is 32.2. The van der Waals surface area contributed by atoms with Crippen molar-refractivity contribution in [3.63, 3.8) is 0 Å². The lowest BCUT2D eigenvalue weighted by Crippen LogP contribution is -2.42. The molecule has 0 bridgehead atoms. The highest BCUT2D eigenvalue weighted by molar-refractivity contribution is 7.89. The second-order valence-electron chi connectivity index (χ2n) is 6.91. The van der Waals surface area contributed by atoms with Crippen molar-refractivity contribution in [3.05, 3.63) is 29.8 Å². The van der Waals surface area contributed by atoms with Crippen molar-refractivity contribution in [2.24, 2.45) is 5.92 Å². The number of carbonyl (C=O) groups excluding carboxylic acids is 1. The van der Waals surface area contributed by atoms with Gasteiger partial charge in [0.15, 0.2) is 0 Å². The van der Waals surface area contributed by atoms with E-state index in [1.807, 2.05) is 6.92 Å². The van der Waals surface area contributed by atoms with E-state index in [1.165, 1.54) is 35.3 Å². The molecule has 1 aromatic carbocycles. The van der Waals surface area contributed by atoms with E-state index in [1.54, 1.807) is 12.1 Å². The Morgan fingerprint density at radius 3 is 2.65 bits per heavy atom. The summed E-state index contributed by atoms with van der Waals surface area (Å²) in [6.45, 7) is 3.95. The van der Waals surface area contributed by atoms with Gasteiger partial charge in [-0.05, 0) is 38.0 Å². The molecule has 7 nitrogen and oxygen atoms in total. The number of carboxylic acids is 1. The Hall–Kier alpha value is -1.93. The second kappa shape index (κ2) is 8.18. The summed E-state index contributed by atoms with van der Waals surface area (Å²) in [7, 11) is -2.15. The smallest absolute Gasteiger partial charge is 0.308 e. The highest BCUT2D eigenvalue weighted by Crippen LogP contribution is 2.25. The summed E-state index contributed by atoms with van der Waals surface area (Å²) in [5.41, 5.74) is 0.232. The van der Waals surface area contributed by atoms with Crippen molar-refractivity contribution in [1.82, 2.24) is 9.21 Å². The molecule has 8 heteroatoms. The van der Waals surface area contributed by atoms with Crippen LogP contribution in [-0.4, -0.2) is 60.8 Å². The molecule has 1 aromatic rings. The molecule has 1 aliphatic rings. The molecule has 0 aliphatic carbocycles. The Bertz CT molecular complexity index is 778. The Morgan fingerprint density at radius 2 is 2.04 bits per heavy atom. The van der Waals surface area contributed by atoms with Gasteiger partial charge >= 0.3 is 5.97 Å². The lowest BCUT2D eigenvalue weighted by molar-refractivity contribution is -0.141. The van der Waals surface area contributed by atoms with Crippen LogP contribution in [-0.2, 0) is 14.8 Å². The molecule has 0 aromatic heterocycles. The maximum Gasteiger partial charge on any atom is 0.308 e. The summed E-state index contributed by atoms with van der Waals surface area (Å²) >= 11 is 0. The Balaban J connectivity index is 2.24. The van der Waals surface area contributed by atoms with Crippen LogP contribution in [0.2, 0.25) is 0 Å². The van der Waals surface area contributed by atoms with E-state index in [0.717, 1.165) is 19.3 Å². The number of carboxylic acid groups (broad SMARTS) is 1. The van der Waals surface area contributed by atoms with Crippen LogP contribution in [0.5, 0.6) is 0 Å². The van der Waals surface area contributed by atoms with Gasteiger partial charge < -0.3 is 10.0 Å². The predicted molar refractivity (Wildman–Crippen MR) is 97.4 cm³/mol. The average Bonchev–Trinajstić information content (AvgIpc) is 2.61.